The second-order valence-electron chi connectivity index (χ2n) is 7.08. The molecule has 1 amide bonds. The summed E-state index contributed by atoms with van der Waals surface area (Å²) in [6.07, 6.45) is 0.145. The molecule has 2 N–H and O–H groups in total. The first kappa shape index (κ1) is 21.7. The van der Waals surface area contributed by atoms with Crippen molar-refractivity contribution in [3.8, 4) is 0 Å². The van der Waals surface area contributed by atoms with Crippen molar-refractivity contribution in [1.82, 2.24) is 4.72 Å². The average Bonchev–Trinajstić information content (AvgIpc) is 2.72. The Kier molecular flexibility index (Phi) is 6.64. The molecule has 0 bridgehead atoms. The molecule has 0 aromatic heterocycles. The molecule has 3 aromatic carbocycles. The Labute approximate surface area is 176 Å². The van der Waals surface area contributed by atoms with Crippen LogP contribution in [0.25, 0.3) is 0 Å². The van der Waals surface area contributed by atoms with Crippen LogP contribution in [-0.4, -0.2) is 20.4 Å². The number of amides is 1. The minimum absolute atomic E-state index is 0.0703. The first-order chi connectivity index (χ1) is 14.3. The Balaban J connectivity index is 1.88. The third-order valence-electron chi connectivity index (χ3n) is 4.75. The summed E-state index contributed by atoms with van der Waals surface area (Å²) < 4.78 is 42.1. The van der Waals surface area contributed by atoms with Crippen molar-refractivity contribution in [3.63, 3.8) is 0 Å². The lowest BCUT2D eigenvalue weighted by Crippen LogP contribution is -2.45. The summed E-state index contributed by atoms with van der Waals surface area (Å²) in [7, 11) is -3.94. The lowest BCUT2D eigenvalue weighted by atomic mass is 10.1. The van der Waals surface area contributed by atoms with Gasteiger partial charge >= 0.3 is 0 Å². The van der Waals surface area contributed by atoms with Crippen LogP contribution < -0.4 is 10.0 Å². The predicted molar refractivity (Wildman–Crippen MR) is 115 cm³/mol. The normalized spacial score (nSPS) is 12.4. The summed E-state index contributed by atoms with van der Waals surface area (Å²) in [6, 6.07) is 18.7. The van der Waals surface area contributed by atoms with Crippen LogP contribution in [0.15, 0.2) is 77.7 Å². The lowest BCUT2D eigenvalue weighted by molar-refractivity contribution is -0.117. The Hall–Kier alpha value is -3.03. The van der Waals surface area contributed by atoms with Crippen LogP contribution in [0.2, 0.25) is 0 Å². The Morgan fingerprint density at radius 1 is 0.933 bits per heavy atom. The summed E-state index contributed by atoms with van der Waals surface area (Å²) in [5, 5.41) is 2.65. The number of rotatable bonds is 7. The van der Waals surface area contributed by atoms with E-state index in [9.17, 15) is 17.6 Å². The summed E-state index contributed by atoms with van der Waals surface area (Å²) in [5.41, 5.74) is 2.30. The largest absolute Gasteiger partial charge is 0.324 e. The molecule has 0 spiro atoms. The van der Waals surface area contributed by atoms with E-state index in [0.29, 0.717) is 5.69 Å². The minimum Gasteiger partial charge on any atom is -0.324 e. The van der Waals surface area contributed by atoms with E-state index in [1.807, 2.05) is 37.3 Å². The van der Waals surface area contributed by atoms with Gasteiger partial charge < -0.3 is 5.32 Å². The summed E-state index contributed by atoms with van der Waals surface area (Å²) in [4.78, 5) is 13.1. The zero-order chi connectivity index (χ0) is 21.7. The number of anilines is 1. The lowest BCUT2D eigenvalue weighted by Gasteiger charge is -2.19. The van der Waals surface area contributed by atoms with Gasteiger partial charge in [0.2, 0.25) is 15.9 Å². The van der Waals surface area contributed by atoms with Gasteiger partial charge in [0.25, 0.3) is 0 Å². The molecule has 0 heterocycles. The molecule has 0 aliphatic carbocycles. The van der Waals surface area contributed by atoms with Gasteiger partial charge in [-0.05, 0) is 50.1 Å². The highest BCUT2D eigenvalue weighted by Crippen LogP contribution is 2.19. The van der Waals surface area contributed by atoms with Gasteiger partial charge in [-0.25, -0.2) is 12.8 Å². The molecule has 3 aromatic rings. The quantitative estimate of drug-likeness (QED) is 0.600. The van der Waals surface area contributed by atoms with E-state index in [1.165, 1.54) is 24.3 Å². The monoisotopic (exact) mass is 426 g/mol. The van der Waals surface area contributed by atoms with E-state index in [0.717, 1.165) is 11.1 Å². The van der Waals surface area contributed by atoms with Gasteiger partial charge in [-0.15, -0.1) is 0 Å². The van der Waals surface area contributed by atoms with Gasteiger partial charge in [0.1, 0.15) is 11.9 Å². The SMILES string of the molecule is Cc1ccc(S(=O)(=O)N[C@@H](Cc2ccccc2)C(=O)Nc2cccc(F)c2C)cc1. The number of carbonyl (C=O) groups is 1. The van der Waals surface area contributed by atoms with Crippen LogP contribution in [0.5, 0.6) is 0 Å². The van der Waals surface area contributed by atoms with Crippen molar-refractivity contribution in [1.29, 1.82) is 0 Å². The molecule has 0 saturated heterocycles. The molecule has 0 fully saturated rings. The topological polar surface area (TPSA) is 75.3 Å². The second kappa shape index (κ2) is 9.19. The second-order valence-corrected chi connectivity index (χ2v) is 8.79. The Morgan fingerprint density at radius 2 is 1.60 bits per heavy atom. The fraction of sp³-hybridized carbons (Fsp3) is 0.174. The Morgan fingerprint density at radius 3 is 2.27 bits per heavy atom. The molecule has 0 radical (unpaired) electrons. The molecule has 5 nitrogen and oxygen atoms in total. The molecule has 0 aliphatic heterocycles. The zero-order valence-corrected chi connectivity index (χ0v) is 17.5. The number of carbonyl (C=O) groups excluding carboxylic acids is 1. The number of aryl methyl sites for hydroxylation is 1. The number of hydrogen-bond acceptors (Lipinski definition) is 3. The first-order valence-corrected chi connectivity index (χ1v) is 10.9. The third kappa shape index (κ3) is 5.31. The number of benzene rings is 3. The number of sulfonamides is 1. The average molecular weight is 427 g/mol. The van der Waals surface area contributed by atoms with Crippen LogP contribution in [0.1, 0.15) is 16.7 Å². The van der Waals surface area contributed by atoms with Gasteiger partial charge in [-0.3, -0.25) is 4.79 Å². The molecule has 156 valence electrons. The van der Waals surface area contributed by atoms with Crippen molar-refractivity contribution >= 4 is 21.6 Å². The minimum atomic E-state index is -3.94. The van der Waals surface area contributed by atoms with Crippen LogP contribution >= 0.6 is 0 Å². The van der Waals surface area contributed by atoms with Crippen LogP contribution in [0, 0.1) is 19.7 Å². The van der Waals surface area contributed by atoms with Gasteiger partial charge in [0.05, 0.1) is 4.90 Å². The summed E-state index contributed by atoms with van der Waals surface area (Å²) in [5.74, 6) is -1.02. The van der Waals surface area contributed by atoms with Crippen molar-refractivity contribution < 1.29 is 17.6 Å². The molecular weight excluding hydrogens is 403 g/mol. The molecule has 7 heteroatoms. The third-order valence-corrected chi connectivity index (χ3v) is 6.24. The van der Waals surface area contributed by atoms with Crippen LogP contribution in [0.3, 0.4) is 0 Å². The van der Waals surface area contributed by atoms with Gasteiger partial charge in [0, 0.05) is 11.3 Å². The molecular formula is C23H23FN2O3S. The predicted octanol–water partition coefficient (Wildman–Crippen LogP) is 3.97. The number of halogens is 1. The molecule has 0 saturated carbocycles. The highest BCUT2D eigenvalue weighted by molar-refractivity contribution is 7.89. The maximum Gasteiger partial charge on any atom is 0.242 e. The van der Waals surface area contributed by atoms with E-state index in [4.69, 9.17) is 0 Å². The fourth-order valence-corrected chi connectivity index (χ4v) is 4.17. The van der Waals surface area contributed by atoms with Crippen molar-refractivity contribution in [2.75, 3.05) is 5.32 Å². The molecule has 1 atom stereocenters. The smallest absolute Gasteiger partial charge is 0.242 e. The standard InChI is InChI=1S/C23H23FN2O3S/c1-16-11-13-19(14-12-16)30(28,29)26-22(15-18-7-4-3-5-8-18)23(27)25-21-10-6-9-20(24)17(21)2/h3-14,22,26H,15H2,1-2H3,(H,25,27)/t22-/m0/s1. The van der Waals surface area contributed by atoms with Crippen LogP contribution in [-0.2, 0) is 21.2 Å². The fourth-order valence-electron chi connectivity index (χ4n) is 2.97. The van der Waals surface area contributed by atoms with Crippen molar-refractivity contribution in [2.24, 2.45) is 0 Å². The van der Waals surface area contributed by atoms with Crippen LogP contribution in [0.4, 0.5) is 10.1 Å². The van der Waals surface area contributed by atoms with Gasteiger partial charge in [-0.2, -0.15) is 4.72 Å². The molecule has 0 unspecified atom stereocenters. The highest BCUT2D eigenvalue weighted by Gasteiger charge is 2.26. The van der Waals surface area contributed by atoms with Gasteiger partial charge in [0.15, 0.2) is 0 Å². The maximum absolute atomic E-state index is 13.8. The first-order valence-electron chi connectivity index (χ1n) is 9.45. The zero-order valence-electron chi connectivity index (χ0n) is 16.7. The number of nitrogens with one attached hydrogen (secondary N) is 2. The van der Waals surface area contributed by atoms with E-state index in [2.05, 4.69) is 10.0 Å². The van der Waals surface area contributed by atoms with Crippen molar-refractivity contribution in [3.05, 3.63) is 95.3 Å². The van der Waals surface area contributed by atoms with E-state index in [1.54, 1.807) is 25.1 Å². The van der Waals surface area contributed by atoms with Crippen molar-refractivity contribution in [2.45, 2.75) is 31.2 Å². The molecule has 3 rings (SSSR count). The van der Waals surface area contributed by atoms with E-state index in [-0.39, 0.29) is 16.9 Å². The Bertz CT molecular complexity index is 1130. The summed E-state index contributed by atoms with van der Waals surface area (Å²) >= 11 is 0. The van der Waals surface area contributed by atoms with Gasteiger partial charge in [-0.1, -0.05) is 54.1 Å². The van der Waals surface area contributed by atoms with E-state index < -0.39 is 27.8 Å². The number of hydrogen-bond donors (Lipinski definition) is 2. The van der Waals surface area contributed by atoms with E-state index >= 15 is 0 Å². The summed E-state index contributed by atoms with van der Waals surface area (Å²) in [6.45, 7) is 3.41. The molecule has 0 aliphatic rings. The molecule has 30 heavy (non-hydrogen) atoms. The highest BCUT2D eigenvalue weighted by atomic mass is 32.2. The maximum atomic E-state index is 13.8.